The Balaban J connectivity index is 2.59. The van der Waals surface area contributed by atoms with E-state index >= 15 is 0 Å². The SMILES string of the molecule is CS(=O)(=O)N(CCO)C1CC1. The molecule has 0 aromatic rings. The third-order valence-electron chi connectivity index (χ3n) is 1.70. The van der Waals surface area contributed by atoms with Crippen molar-refractivity contribution < 1.29 is 13.5 Å². The number of rotatable bonds is 4. The molecule has 0 spiro atoms. The Morgan fingerprint density at radius 1 is 1.55 bits per heavy atom. The summed E-state index contributed by atoms with van der Waals surface area (Å²) in [6.45, 7) is 0.146. The molecule has 0 aromatic carbocycles. The summed E-state index contributed by atoms with van der Waals surface area (Å²) in [5.74, 6) is 0. The van der Waals surface area contributed by atoms with Gasteiger partial charge in [0, 0.05) is 12.6 Å². The Morgan fingerprint density at radius 2 is 2.09 bits per heavy atom. The molecular formula is C6H13NO3S. The van der Waals surface area contributed by atoms with E-state index in [0.29, 0.717) is 0 Å². The number of hydrogen-bond acceptors (Lipinski definition) is 3. The normalized spacial score (nSPS) is 19.2. The molecule has 1 N–H and O–H groups in total. The summed E-state index contributed by atoms with van der Waals surface area (Å²) in [5.41, 5.74) is 0. The Kier molecular flexibility index (Phi) is 2.51. The molecule has 1 saturated carbocycles. The van der Waals surface area contributed by atoms with E-state index in [9.17, 15) is 8.42 Å². The van der Waals surface area contributed by atoms with Crippen LogP contribution in [-0.4, -0.2) is 43.3 Å². The second kappa shape index (κ2) is 3.08. The summed E-state index contributed by atoms with van der Waals surface area (Å²) in [6.07, 6.45) is 3.06. The molecule has 0 atom stereocenters. The van der Waals surface area contributed by atoms with Crippen molar-refractivity contribution >= 4 is 10.0 Å². The van der Waals surface area contributed by atoms with Gasteiger partial charge in [-0.15, -0.1) is 0 Å². The molecule has 5 heteroatoms. The maximum absolute atomic E-state index is 11.0. The minimum atomic E-state index is -3.09. The molecular weight excluding hydrogens is 166 g/mol. The van der Waals surface area contributed by atoms with Crippen LogP contribution in [0.25, 0.3) is 0 Å². The standard InChI is InChI=1S/C6H13NO3S/c1-11(9,10)7(4-5-8)6-2-3-6/h6,8H,2-5H2,1H3. The third-order valence-corrected chi connectivity index (χ3v) is 3.03. The first kappa shape index (κ1) is 8.96. The molecule has 0 aromatic heterocycles. The molecule has 1 fully saturated rings. The molecule has 0 bridgehead atoms. The van der Waals surface area contributed by atoms with E-state index in [1.807, 2.05) is 0 Å². The van der Waals surface area contributed by atoms with E-state index in [2.05, 4.69) is 0 Å². The highest BCUT2D eigenvalue weighted by atomic mass is 32.2. The van der Waals surface area contributed by atoms with Gasteiger partial charge in [0.25, 0.3) is 0 Å². The van der Waals surface area contributed by atoms with Crippen molar-refractivity contribution in [3.05, 3.63) is 0 Å². The molecule has 66 valence electrons. The van der Waals surface area contributed by atoms with Crippen molar-refractivity contribution in [2.75, 3.05) is 19.4 Å². The van der Waals surface area contributed by atoms with Crippen molar-refractivity contribution in [1.82, 2.24) is 4.31 Å². The van der Waals surface area contributed by atoms with Gasteiger partial charge in [-0.05, 0) is 12.8 Å². The van der Waals surface area contributed by atoms with Crippen molar-refractivity contribution in [3.63, 3.8) is 0 Å². The average molecular weight is 179 g/mol. The molecule has 0 unspecified atom stereocenters. The zero-order valence-electron chi connectivity index (χ0n) is 6.52. The molecule has 0 amide bonds. The van der Waals surface area contributed by atoms with E-state index in [-0.39, 0.29) is 19.2 Å². The van der Waals surface area contributed by atoms with E-state index < -0.39 is 10.0 Å². The lowest BCUT2D eigenvalue weighted by Crippen LogP contribution is -2.34. The van der Waals surface area contributed by atoms with Crippen LogP contribution < -0.4 is 0 Å². The Bertz CT molecular complexity index is 220. The highest BCUT2D eigenvalue weighted by Crippen LogP contribution is 2.28. The van der Waals surface area contributed by atoms with Gasteiger partial charge in [0.1, 0.15) is 0 Å². The van der Waals surface area contributed by atoms with Gasteiger partial charge in [-0.2, -0.15) is 4.31 Å². The number of nitrogens with zero attached hydrogens (tertiary/aromatic N) is 1. The summed E-state index contributed by atoms with van der Waals surface area (Å²) in [5, 5.41) is 8.57. The zero-order valence-corrected chi connectivity index (χ0v) is 7.34. The highest BCUT2D eigenvalue weighted by molar-refractivity contribution is 7.88. The number of aliphatic hydroxyl groups is 1. The molecule has 1 rings (SSSR count). The average Bonchev–Trinajstić information content (AvgIpc) is 2.61. The first-order chi connectivity index (χ1) is 5.05. The lowest BCUT2D eigenvalue weighted by molar-refractivity contribution is 0.251. The minimum Gasteiger partial charge on any atom is -0.395 e. The fourth-order valence-electron chi connectivity index (χ4n) is 1.08. The Morgan fingerprint density at radius 3 is 2.36 bits per heavy atom. The summed E-state index contributed by atoms with van der Waals surface area (Å²) in [6, 6.07) is 0.164. The molecule has 0 saturated heterocycles. The molecule has 0 aliphatic heterocycles. The Hall–Kier alpha value is -0.130. The van der Waals surface area contributed by atoms with Gasteiger partial charge >= 0.3 is 0 Å². The molecule has 1 aliphatic carbocycles. The maximum atomic E-state index is 11.0. The van der Waals surface area contributed by atoms with E-state index in [4.69, 9.17) is 5.11 Å². The van der Waals surface area contributed by atoms with Crippen molar-refractivity contribution in [3.8, 4) is 0 Å². The summed E-state index contributed by atoms with van der Waals surface area (Å²) < 4.78 is 23.4. The third kappa shape index (κ3) is 2.43. The topological polar surface area (TPSA) is 57.6 Å². The van der Waals surface area contributed by atoms with Gasteiger partial charge in [0.05, 0.1) is 12.9 Å². The lowest BCUT2D eigenvalue weighted by Gasteiger charge is -2.17. The van der Waals surface area contributed by atoms with E-state index in [1.54, 1.807) is 0 Å². The summed E-state index contributed by atoms with van der Waals surface area (Å²) >= 11 is 0. The van der Waals surface area contributed by atoms with Crippen molar-refractivity contribution in [1.29, 1.82) is 0 Å². The lowest BCUT2D eigenvalue weighted by atomic mass is 10.6. The predicted octanol–water partition coefficient (Wildman–Crippen LogP) is -0.597. The molecule has 0 heterocycles. The van der Waals surface area contributed by atoms with Gasteiger partial charge in [-0.3, -0.25) is 0 Å². The maximum Gasteiger partial charge on any atom is 0.211 e. The van der Waals surface area contributed by atoms with E-state index in [1.165, 1.54) is 10.6 Å². The second-order valence-electron chi connectivity index (χ2n) is 2.83. The highest BCUT2D eigenvalue weighted by Gasteiger charge is 2.34. The number of hydrogen-bond donors (Lipinski definition) is 1. The molecule has 4 nitrogen and oxygen atoms in total. The van der Waals surface area contributed by atoms with Gasteiger partial charge in [0.2, 0.25) is 10.0 Å². The zero-order chi connectivity index (χ0) is 8.48. The molecule has 11 heavy (non-hydrogen) atoms. The van der Waals surface area contributed by atoms with Crippen LogP contribution in [0.5, 0.6) is 0 Å². The molecule has 1 aliphatic rings. The smallest absolute Gasteiger partial charge is 0.211 e. The van der Waals surface area contributed by atoms with E-state index in [0.717, 1.165) is 12.8 Å². The van der Waals surface area contributed by atoms with Gasteiger partial charge in [0.15, 0.2) is 0 Å². The van der Waals surface area contributed by atoms with Crippen LogP contribution in [0.2, 0.25) is 0 Å². The molecule has 0 radical (unpaired) electrons. The van der Waals surface area contributed by atoms with Crippen LogP contribution in [0.4, 0.5) is 0 Å². The van der Waals surface area contributed by atoms with Crippen molar-refractivity contribution in [2.24, 2.45) is 0 Å². The van der Waals surface area contributed by atoms with Crippen LogP contribution in [-0.2, 0) is 10.0 Å². The quantitative estimate of drug-likeness (QED) is 0.627. The monoisotopic (exact) mass is 179 g/mol. The van der Waals surface area contributed by atoms with Crippen molar-refractivity contribution in [2.45, 2.75) is 18.9 Å². The number of aliphatic hydroxyl groups excluding tert-OH is 1. The second-order valence-corrected chi connectivity index (χ2v) is 4.76. The van der Waals surface area contributed by atoms with Gasteiger partial charge < -0.3 is 5.11 Å². The van der Waals surface area contributed by atoms with Gasteiger partial charge in [-0.25, -0.2) is 8.42 Å². The van der Waals surface area contributed by atoms with Crippen LogP contribution in [0.15, 0.2) is 0 Å². The van der Waals surface area contributed by atoms with Crippen LogP contribution >= 0.6 is 0 Å². The summed E-state index contributed by atoms with van der Waals surface area (Å²) in [7, 11) is -3.09. The fraction of sp³-hybridized carbons (Fsp3) is 1.00. The van der Waals surface area contributed by atoms with Gasteiger partial charge in [-0.1, -0.05) is 0 Å². The summed E-state index contributed by atoms with van der Waals surface area (Å²) in [4.78, 5) is 0. The van der Waals surface area contributed by atoms with Crippen LogP contribution in [0.3, 0.4) is 0 Å². The van der Waals surface area contributed by atoms with Crippen LogP contribution in [0.1, 0.15) is 12.8 Å². The largest absolute Gasteiger partial charge is 0.395 e. The fourth-order valence-corrected chi connectivity index (χ4v) is 2.25. The van der Waals surface area contributed by atoms with Crippen LogP contribution in [0, 0.1) is 0 Å². The minimum absolute atomic E-state index is 0.0937. The predicted molar refractivity (Wildman–Crippen MR) is 41.7 cm³/mol. The first-order valence-corrected chi connectivity index (χ1v) is 5.48. The number of sulfonamides is 1. The first-order valence-electron chi connectivity index (χ1n) is 3.63. The Labute approximate surface area is 66.9 Å².